The standard InChI is InChI=1S/C20H22N4O5S/c1-28-14-6-7-15(18(12-14)29-2)21-20(30)22-19(25)13-5-8-16(17(11-13)24(26)27)23-9-3-4-10-23/h5-8,11-12H,3-4,9-10H2,1-2H3,(H2,21,22,25,30). The van der Waals surface area contributed by atoms with Gasteiger partial charge in [0.05, 0.1) is 24.8 Å². The SMILES string of the molecule is COc1ccc(NC(=S)NC(=O)c2ccc(N3CCCC3)c([N+](=O)[O-])c2)c(OC)c1. The van der Waals surface area contributed by atoms with E-state index in [2.05, 4.69) is 10.6 Å². The summed E-state index contributed by atoms with van der Waals surface area (Å²) in [6.07, 6.45) is 1.99. The Bertz CT molecular complexity index is 976. The molecular weight excluding hydrogens is 408 g/mol. The Hall–Kier alpha value is -3.40. The third-order valence-electron chi connectivity index (χ3n) is 4.77. The first-order valence-corrected chi connectivity index (χ1v) is 9.71. The van der Waals surface area contributed by atoms with E-state index in [1.165, 1.54) is 13.2 Å². The zero-order valence-electron chi connectivity index (χ0n) is 16.6. The minimum atomic E-state index is -0.545. The molecule has 10 heteroatoms. The Morgan fingerprint density at radius 3 is 2.50 bits per heavy atom. The van der Waals surface area contributed by atoms with Gasteiger partial charge in [-0.3, -0.25) is 20.2 Å². The highest BCUT2D eigenvalue weighted by Crippen LogP contribution is 2.32. The molecule has 1 fully saturated rings. The van der Waals surface area contributed by atoms with Crippen molar-refractivity contribution in [3.05, 3.63) is 52.1 Å². The molecule has 30 heavy (non-hydrogen) atoms. The number of nitrogens with zero attached hydrogens (tertiary/aromatic N) is 2. The average molecular weight is 430 g/mol. The van der Waals surface area contributed by atoms with E-state index in [1.54, 1.807) is 37.4 Å². The number of nitrogens with one attached hydrogen (secondary N) is 2. The molecule has 1 saturated heterocycles. The fraction of sp³-hybridized carbons (Fsp3) is 0.300. The van der Waals surface area contributed by atoms with Gasteiger partial charge in [-0.25, -0.2) is 0 Å². The molecule has 0 atom stereocenters. The molecule has 1 aliphatic rings. The summed E-state index contributed by atoms with van der Waals surface area (Å²) in [7, 11) is 3.05. The molecule has 0 aliphatic carbocycles. The van der Waals surface area contributed by atoms with Gasteiger partial charge >= 0.3 is 0 Å². The highest BCUT2D eigenvalue weighted by molar-refractivity contribution is 7.80. The Kier molecular flexibility index (Phi) is 6.68. The number of carbonyl (C=O) groups excluding carboxylic acids is 1. The summed E-state index contributed by atoms with van der Waals surface area (Å²) in [5.41, 5.74) is 1.12. The molecule has 1 amide bonds. The summed E-state index contributed by atoms with van der Waals surface area (Å²) in [5.74, 6) is 0.547. The molecule has 1 heterocycles. The molecule has 2 aromatic rings. The largest absolute Gasteiger partial charge is 0.497 e. The lowest BCUT2D eigenvalue weighted by Gasteiger charge is -2.18. The number of hydrogen-bond donors (Lipinski definition) is 2. The smallest absolute Gasteiger partial charge is 0.293 e. The van der Waals surface area contributed by atoms with Gasteiger partial charge in [-0.1, -0.05) is 0 Å². The van der Waals surface area contributed by atoms with Crippen LogP contribution in [0.25, 0.3) is 0 Å². The topological polar surface area (TPSA) is 106 Å². The third-order valence-corrected chi connectivity index (χ3v) is 4.97. The van der Waals surface area contributed by atoms with Crippen molar-refractivity contribution in [2.24, 2.45) is 0 Å². The zero-order valence-corrected chi connectivity index (χ0v) is 17.5. The average Bonchev–Trinajstić information content (AvgIpc) is 3.28. The molecular formula is C20H22N4O5S. The maximum absolute atomic E-state index is 12.6. The van der Waals surface area contributed by atoms with Crippen molar-refractivity contribution in [3.63, 3.8) is 0 Å². The maximum atomic E-state index is 12.6. The highest BCUT2D eigenvalue weighted by atomic mass is 32.1. The summed E-state index contributed by atoms with van der Waals surface area (Å²) >= 11 is 5.21. The van der Waals surface area contributed by atoms with Gasteiger partial charge in [-0.2, -0.15) is 0 Å². The fourth-order valence-corrected chi connectivity index (χ4v) is 3.47. The van der Waals surface area contributed by atoms with Crippen LogP contribution in [0, 0.1) is 10.1 Å². The lowest BCUT2D eigenvalue weighted by Crippen LogP contribution is -2.34. The predicted molar refractivity (Wildman–Crippen MR) is 118 cm³/mol. The first-order valence-electron chi connectivity index (χ1n) is 9.30. The van der Waals surface area contributed by atoms with Crippen molar-refractivity contribution in [1.82, 2.24) is 5.32 Å². The van der Waals surface area contributed by atoms with E-state index in [1.807, 2.05) is 4.90 Å². The van der Waals surface area contributed by atoms with Crippen molar-refractivity contribution >= 4 is 40.3 Å². The van der Waals surface area contributed by atoms with E-state index < -0.39 is 10.8 Å². The van der Waals surface area contributed by atoms with Gasteiger partial charge < -0.3 is 19.7 Å². The third kappa shape index (κ3) is 4.77. The number of hydrogen-bond acceptors (Lipinski definition) is 7. The van der Waals surface area contributed by atoms with Gasteiger partial charge in [0.25, 0.3) is 11.6 Å². The number of carbonyl (C=O) groups is 1. The first kappa shape index (κ1) is 21.3. The van der Waals surface area contributed by atoms with Crippen molar-refractivity contribution in [2.75, 3.05) is 37.5 Å². The summed E-state index contributed by atoms with van der Waals surface area (Å²) in [4.78, 5) is 25.6. The quantitative estimate of drug-likeness (QED) is 0.408. The van der Waals surface area contributed by atoms with E-state index in [0.29, 0.717) is 22.9 Å². The van der Waals surface area contributed by atoms with Gasteiger partial charge in [0, 0.05) is 30.8 Å². The second-order valence-electron chi connectivity index (χ2n) is 6.63. The molecule has 2 N–H and O–H groups in total. The molecule has 0 spiro atoms. The number of ether oxygens (including phenoxy) is 2. The van der Waals surface area contributed by atoms with Crippen LogP contribution in [0.15, 0.2) is 36.4 Å². The van der Waals surface area contributed by atoms with Crippen molar-refractivity contribution < 1.29 is 19.2 Å². The monoisotopic (exact) mass is 430 g/mol. The van der Waals surface area contributed by atoms with E-state index in [-0.39, 0.29) is 16.4 Å². The second kappa shape index (κ2) is 9.40. The van der Waals surface area contributed by atoms with Gasteiger partial charge in [-0.15, -0.1) is 0 Å². The molecule has 2 aromatic carbocycles. The maximum Gasteiger partial charge on any atom is 0.293 e. The number of nitro groups is 1. The normalized spacial score (nSPS) is 12.9. The van der Waals surface area contributed by atoms with Crippen molar-refractivity contribution in [1.29, 1.82) is 0 Å². The van der Waals surface area contributed by atoms with Crippen LogP contribution in [0.5, 0.6) is 11.5 Å². The van der Waals surface area contributed by atoms with Crippen LogP contribution < -0.4 is 25.0 Å². The van der Waals surface area contributed by atoms with Gasteiger partial charge in [0.2, 0.25) is 0 Å². The number of amides is 1. The van der Waals surface area contributed by atoms with E-state index in [4.69, 9.17) is 21.7 Å². The van der Waals surface area contributed by atoms with E-state index in [9.17, 15) is 14.9 Å². The van der Waals surface area contributed by atoms with Crippen molar-refractivity contribution in [3.8, 4) is 11.5 Å². The molecule has 9 nitrogen and oxygen atoms in total. The molecule has 0 aromatic heterocycles. The molecule has 158 valence electrons. The van der Waals surface area contributed by atoms with Crippen LogP contribution in [0.3, 0.4) is 0 Å². The van der Waals surface area contributed by atoms with E-state index >= 15 is 0 Å². The predicted octanol–water partition coefficient (Wildman–Crippen LogP) is 3.34. The van der Waals surface area contributed by atoms with Gasteiger partial charge in [0.1, 0.15) is 17.2 Å². The highest BCUT2D eigenvalue weighted by Gasteiger charge is 2.24. The van der Waals surface area contributed by atoms with Crippen LogP contribution >= 0.6 is 12.2 Å². The van der Waals surface area contributed by atoms with Crippen LogP contribution in [-0.2, 0) is 0 Å². The first-order chi connectivity index (χ1) is 14.4. The lowest BCUT2D eigenvalue weighted by atomic mass is 10.1. The summed E-state index contributed by atoms with van der Waals surface area (Å²) in [6.45, 7) is 1.54. The summed E-state index contributed by atoms with van der Waals surface area (Å²) in [5, 5.41) is 17.0. The number of nitro benzene ring substituents is 1. The van der Waals surface area contributed by atoms with E-state index in [0.717, 1.165) is 25.9 Å². The number of benzene rings is 2. The van der Waals surface area contributed by atoms with Crippen LogP contribution in [0.4, 0.5) is 17.1 Å². The summed E-state index contributed by atoms with van der Waals surface area (Å²) < 4.78 is 10.4. The van der Waals surface area contributed by atoms with Crippen molar-refractivity contribution in [2.45, 2.75) is 12.8 Å². The number of anilines is 2. The molecule has 0 unspecified atom stereocenters. The number of thiocarbonyl (C=S) groups is 1. The molecule has 3 rings (SSSR count). The second-order valence-corrected chi connectivity index (χ2v) is 7.04. The van der Waals surface area contributed by atoms with Crippen LogP contribution in [0.2, 0.25) is 0 Å². The van der Waals surface area contributed by atoms with Crippen LogP contribution in [0.1, 0.15) is 23.2 Å². The molecule has 0 saturated carbocycles. The molecule has 0 radical (unpaired) electrons. The minimum Gasteiger partial charge on any atom is -0.497 e. The van der Waals surface area contributed by atoms with Gasteiger partial charge in [0.15, 0.2) is 5.11 Å². The Morgan fingerprint density at radius 2 is 1.87 bits per heavy atom. The Balaban J connectivity index is 1.73. The minimum absolute atomic E-state index is 0.0368. The molecule has 1 aliphatic heterocycles. The Labute approximate surface area is 179 Å². The summed E-state index contributed by atoms with van der Waals surface area (Å²) in [6, 6.07) is 9.54. The lowest BCUT2D eigenvalue weighted by molar-refractivity contribution is -0.384. The Morgan fingerprint density at radius 1 is 1.13 bits per heavy atom. The van der Waals surface area contributed by atoms with Gasteiger partial charge in [-0.05, 0) is 49.3 Å². The van der Waals surface area contributed by atoms with Crippen LogP contribution in [-0.4, -0.2) is 43.3 Å². The zero-order chi connectivity index (χ0) is 21.7. The number of methoxy groups -OCH3 is 2. The molecule has 0 bridgehead atoms. The number of rotatable bonds is 6. The fourth-order valence-electron chi connectivity index (χ4n) is 3.27.